The van der Waals surface area contributed by atoms with Gasteiger partial charge in [0.2, 0.25) is 0 Å². The van der Waals surface area contributed by atoms with E-state index in [0.717, 1.165) is 20.5 Å². The predicted molar refractivity (Wildman–Crippen MR) is 83.4 cm³/mol. The molecule has 0 bridgehead atoms. The summed E-state index contributed by atoms with van der Waals surface area (Å²) in [5.41, 5.74) is 1.26. The number of amides is 1. The molecule has 0 fully saturated rings. The second-order valence-corrected chi connectivity index (χ2v) is 6.31. The zero-order valence-electron chi connectivity index (χ0n) is 11.2. The molecule has 1 amide bonds. The molecule has 0 spiro atoms. The predicted octanol–water partition coefficient (Wildman–Crippen LogP) is 2.90. The molecule has 0 unspecified atom stereocenters. The number of carbonyl (C=O) groups excluding carboxylic acids is 1. The van der Waals surface area contributed by atoms with E-state index in [-0.39, 0.29) is 5.91 Å². The minimum atomic E-state index is -0.228. The molecule has 0 radical (unpaired) electrons. The van der Waals surface area contributed by atoms with E-state index in [1.54, 1.807) is 22.7 Å². The van der Waals surface area contributed by atoms with Gasteiger partial charge in [-0.25, -0.2) is 9.97 Å². The van der Waals surface area contributed by atoms with E-state index in [4.69, 9.17) is 0 Å². The first kappa shape index (κ1) is 13.8. The number of thiazole rings is 1. The summed E-state index contributed by atoms with van der Waals surface area (Å²) in [7, 11) is 0. The Hall–Kier alpha value is -2.12. The highest BCUT2D eigenvalue weighted by Crippen LogP contribution is 2.30. The number of nitrogens with zero attached hydrogens (tertiary/aromatic N) is 3. The van der Waals surface area contributed by atoms with Gasteiger partial charge in [-0.2, -0.15) is 0 Å². The Morgan fingerprint density at radius 1 is 1.38 bits per heavy atom. The average molecular weight is 316 g/mol. The van der Waals surface area contributed by atoms with Crippen molar-refractivity contribution in [3.63, 3.8) is 0 Å². The molecule has 0 aliphatic rings. The lowest BCUT2D eigenvalue weighted by Crippen LogP contribution is -2.23. The first-order chi connectivity index (χ1) is 10.2. The van der Waals surface area contributed by atoms with Crippen LogP contribution in [0.1, 0.15) is 21.1 Å². The fraction of sp³-hybridized carbons (Fsp3) is 0.143. The van der Waals surface area contributed by atoms with Gasteiger partial charge in [-0.1, -0.05) is 6.07 Å². The van der Waals surface area contributed by atoms with Crippen molar-refractivity contribution in [2.45, 2.75) is 13.5 Å². The normalized spacial score (nSPS) is 10.5. The van der Waals surface area contributed by atoms with E-state index in [2.05, 4.69) is 20.3 Å². The van der Waals surface area contributed by atoms with E-state index < -0.39 is 0 Å². The van der Waals surface area contributed by atoms with Crippen LogP contribution in [0.25, 0.3) is 9.88 Å². The highest BCUT2D eigenvalue weighted by Gasteiger charge is 2.12. The third kappa shape index (κ3) is 3.14. The van der Waals surface area contributed by atoms with E-state index in [1.165, 1.54) is 18.6 Å². The molecule has 106 valence electrons. The number of hydrogen-bond acceptors (Lipinski definition) is 6. The second kappa shape index (κ2) is 6.11. The molecule has 1 N–H and O–H groups in total. The zero-order chi connectivity index (χ0) is 14.7. The Bertz CT molecular complexity index is 738. The van der Waals surface area contributed by atoms with Crippen LogP contribution in [-0.2, 0) is 6.54 Å². The van der Waals surface area contributed by atoms with E-state index in [0.29, 0.717) is 12.2 Å². The summed E-state index contributed by atoms with van der Waals surface area (Å²) in [5.74, 6) is -0.228. The largest absolute Gasteiger partial charge is 0.346 e. The fourth-order valence-electron chi connectivity index (χ4n) is 1.77. The van der Waals surface area contributed by atoms with Crippen molar-refractivity contribution in [1.29, 1.82) is 0 Å². The van der Waals surface area contributed by atoms with Crippen LogP contribution in [-0.4, -0.2) is 20.9 Å². The monoisotopic (exact) mass is 316 g/mol. The molecule has 21 heavy (non-hydrogen) atoms. The molecular formula is C14H12N4OS2. The molecular weight excluding hydrogens is 304 g/mol. The van der Waals surface area contributed by atoms with Crippen LogP contribution in [0.15, 0.2) is 36.1 Å². The van der Waals surface area contributed by atoms with Crippen molar-refractivity contribution in [3.8, 4) is 9.88 Å². The second-order valence-electron chi connectivity index (χ2n) is 4.28. The van der Waals surface area contributed by atoms with E-state index >= 15 is 0 Å². The number of hydrogen-bond donors (Lipinski definition) is 1. The number of nitrogens with one attached hydrogen (secondary N) is 1. The quantitative estimate of drug-likeness (QED) is 0.803. The van der Waals surface area contributed by atoms with E-state index in [9.17, 15) is 4.79 Å². The number of rotatable bonds is 4. The van der Waals surface area contributed by atoms with Crippen molar-refractivity contribution in [2.75, 3.05) is 0 Å². The SMILES string of the molecule is Cc1nc(-c2cccs2)sc1CNC(=O)c1cnccn1. The van der Waals surface area contributed by atoms with Gasteiger partial charge in [-0.05, 0) is 18.4 Å². The molecule has 3 aromatic heterocycles. The number of aromatic nitrogens is 3. The smallest absolute Gasteiger partial charge is 0.271 e. The van der Waals surface area contributed by atoms with Crippen LogP contribution in [0, 0.1) is 6.92 Å². The molecule has 3 rings (SSSR count). The van der Waals surface area contributed by atoms with Crippen LogP contribution in [0.4, 0.5) is 0 Å². The fourth-order valence-corrected chi connectivity index (χ4v) is 3.56. The lowest BCUT2D eigenvalue weighted by Gasteiger charge is -2.02. The molecule has 7 heteroatoms. The lowest BCUT2D eigenvalue weighted by molar-refractivity contribution is 0.0946. The van der Waals surface area contributed by atoms with Gasteiger partial charge < -0.3 is 5.32 Å². The van der Waals surface area contributed by atoms with Gasteiger partial charge in [0.15, 0.2) is 0 Å². The molecule has 0 aliphatic heterocycles. The first-order valence-electron chi connectivity index (χ1n) is 6.28. The van der Waals surface area contributed by atoms with Crippen molar-refractivity contribution < 1.29 is 4.79 Å². The molecule has 0 saturated heterocycles. The molecule has 3 heterocycles. The van der Waals surface area contributed by atoms with Gasteiger partial charge in [-0.15, -0.1) is 22.7 Å². The Balaban J connectivity index is 1.70. The summed E-state index contributed by atoms with van der Waals surface area (Å²) in [6, 6.07) is 4.05. The van der Waals surface area contributed by atoms with Crippen LogP contribution >= 0.6 is 22.7 Å². The Morgan fingerprint density at radius 3 is 3.00 bits per heavy atom. The standard InChI is InChI=1S/C14H12N4OS2/c1-9-12(21-14(18-9)11-3-2-6-20-11)8-17-13(19)10-7-15-4-5-16-10/h2-7H,8H2,1H3,(H,17,19). The van der Waals surface area contributed by atoms with Crippen LogP contribution < -0.4 is 5.32 Å². The number of thiophene rings is 1. The van der Waals surface area contributed by atoms with Gasteiger partial charge in [0.25, 0.3) is 5.91 Å². The molecule has 0 atom stereocenters. The zero-order valence-corrected chi connectivity index (χ0v) is 12.9. The van der Waals surface area contributed by atoms with Crippen molar-refractivity contribution >= 4 is 28.6 Å². The summed E-state index contributed by atoms with van der Waals surface area (Å²) < 4.78 is 0. The molecule has 0 saturated carbocycles. The summed E-state index contributed by atoms with van der Waals surface area (Å²) >= 11 is 3.26. The molecule has 0 aliphatic carbocycles. The van der Waals surface area contributed by atoms with Gasteiger partial charge >= 0.3 is 0 Å². The van der Waals surface area contributed by atoms with Crippen molar-refractivity contribution in [2.24, 2.45) is 0 Å². The molecule has 0 aromatic carbocycles. The topological polar surface area (TPSA) is 67.8 Å². The minimum Gasteiger partial charge on any atom is -0.346 e. The highest BCUT2D eigenvalue weighted by molar-refractivity contribution is 7.21. The maximum Gasteiger partial charge on any atom is 0.271 e. The summed E-state index contributed by atoms with van der Waals surface area (Å²) in [6.07, 6.45) is 4.49. The van der Waals surface area contributed by atoms with Crippen molar-refractivity contribution in [3.05, 3.63) is 52.4 Å². The van der Waals surface area contributed by atoms with E-state index in [1.807, 2.05) is 24.4 Å². The van der Waals surface area contributed by atoms with Crippen molar-refractivity contribution in [1.82, 2.24) is 20.3 Å². The highest BCUT2D eigenvalue weighted by atomic mass is 32.1. The summed E-state index contributed by atoms with van der Waals surface area (Å²) in [4.78, 5) is 26.5. The Labute approximate surface area is 129 Å². The third-order valence-electron chi connectivity index (χ3n) is 2.83. The third-order valence-corrected chi connectivity index (χ3v) is 5.03. The molecule has 3 aromatic rings. The van der Waals surface area contributed by atoms with Gasteiger partial charge in [-0.3, -0.25) is 9.78 Å². The first-order valence-corrected chi connectivity index (χ1v) is 7.98. The number of carbonyl (C=O) groups is 1. The maximum absolute atomic E-state index is 11.9. The number of aryl methyl sites for hydroxylation is 1. The van der Waals surface area contributed by atoms with Crippen LogP contribution in [0.3, 0.4) is 0 Å². The average Bonchev–Trinajstić information content (AvgIpc) is 3.15. The molecule has 5 nitrogen and oxygen atoms in total. The lowest BCUT2D eigenvalue weighted by atomic mass is 10.3. The van der Waals surface area contributed by atoms with Gasteiger partial charge in [0.1, 0.15) is 10.7 Å². The summed E-state index contributed by atoms with van der Waals surface area (Å²) in [5, 5.41) is 5.87. The maximum atomic E-state index is 11.9. The van der Waals surface area contributed by atoms with Crippen LogP contribution in [0.2, 0.25) is 0 Å². The van der Waals surface area contributed by atoms with Crippen LogP contribution in [0.5, 0.6) is 0 Å². The van der Waals surface area contributed by atoms with Gasteiger partial charge in [0, 0.05) is 17.3 Å². The summed E-state index contributed by atoms with van der Waals surface area (Å²) in [6.45, 7) is 2.40. The Kier molecular flexibility index (Phi) is 4.03. The minimum absolute atomic E-state index is 0.228. The Morgan fingerprint density at radius 2 is 2.29 bits per heavy atom. The van der Waals surface area contributed by atoms with Gasteiger partial charge in [0.05, 0.1) is 23.3 Å².